The van der Waals surface area contributed by atoms with Crippen LogP contribution >= 0.6 is 22.6 Å². The van der Waals surface area contributed by atoms with Crippen LogP contribution in [-0.4, -0.2) is 34.4 Å². The van der Waals surface area contributed by atoms with Crippen LogP contribution in [0.3, 0.4) is 0 Å². The molecule has 0 unspecified atom stereocenters. The molecule has 3 heterocycles. The van der Waals surface area contributed by atoms with Crippen molar-refractivity contribution in [1.82, 2.24) is 14.3 Å². The summed E-state index contributed by atoms with van der Waals surface area (Å²) < 4.78 is 16.3. The number of piperidine rings is 1. The normalized spacial score (nSPS) is 16.8. The Morgan fingerprint density at radius 3 is 2.54 bits per heavy atom. The molecule has 1 aromatic carbocycles. The van der Waals surface area contributed by atoms with Gasteiger partial charge in [-0.15, -0.1) is 0 Å². The molecule has 5 heteroatoms. The lowest BCUT2D eigenvalue weighted by Crippen LogP contribution is -2.29. The largest absolute Gasteiger partial charge is 0.306 e. The zero-order chi connectivity index (χ0) is 16.7. The topological polar surface area (TPSA) is 20.5 Å². The third-order valence-electron chi connectivity index (χ3n) is 4.90. The van der Waals surface area contributed by atoms with Crippen LogP contribution < -0.4 is 0 Å². The van der Waals surface area contributed by atoms with Gasteiger partial charge in [0, 0.05) is 11.8 Å². The van der Waals surface area contributed by atoms with Crippen molar-refractivity contribution in [2.75, 3.05) is 20.1 Å². The van der Waals surface area contributed by atoms with E-state index in [1.165, 1.54) is 30.5 Å². The second kappa shape index (κ2) is 6.44. The molecule has 0 aliphatic carbocycles. The molecule has 0 N–H and O–H groups in total. The molecule has 0 amide bonds. The fourth-order valence-corrected chi connectivity index (χ4v) is 4.26. The van der Waals surface area contributed by atoms with Gasteiger partial charge in [0.2, 0.25) is 0 Å². The predicted octanol–water partition coefficient (Wildman–Crippen LogP) is 4.55. The van der Waals surface area contributed by atoms with E-state index >= 15 is 0 Å². The average molecular weight is 435 g/mol. The summed E-state index contributed by atoms with van der Waals surface area (Å²) in [4.78, 5) is 7.19. The van der Waals surface area contributed by atoms with Gasteiger partial charge in [-0.3, -0.25) is 4.40 Å². The number of fused-ring (bicyclic) bond motifs is 1. The van der Waals surface area contributed by atoms with Crippen molar-refractivity contribution in [3.05, 3.63) is 57.7 Å². The van der Waals surface area contributed by atoms with Gasteiger partial charge in [-0.1, -0.05) is 0 Å². The fraction of sp³-hybridized carbons (Fsp3) is 0.316. The van der Waals surface area contributed by atoms with Gasteiger partial charge in [0.05, 0.1) is 0 Å². The predicted molar refractivity (Wildman–Crippen MR) is 103 cm³/mol. The van der Waals surface area contributed by atoms with Gasteiger partial charge >= 0.3 is 0 Å². The minimum absolute atomic E-state index is 0.220. The summed E-state index contributed by atoms with van der Waals surface area (Å²) in [5.74, 6) is 0.400. The standard InChI is InChI=1S/C19H19FIN3/c1-23-9-6-13(7-10-23)15-8-11-24-17(12-15)22-18(19(24)21)14-2-4-16(20)5-3-14/h2-5,8,11-13H,6-7,9-10H2,1H3. The van der Waals surface area contributed by atoms with E-state index in [9.17, 15) is 4.39 Å². The lowest BCUT2D eigenvalue weighted by atomic mass is 9.90. The lowest BCUT2D eigenvalue weighted by molar-refractivity contribution is 0.255. The lowest BCUT2D eigenvalue weighted by Gasteiger charge is -2.29. The number of rotatable bonds is 2. The highest BCUT2D eigenvalue weighted by molar-refractivity contribution is 14.1. The highest BCUT2D eigenvalue weighted by Gasteiger charge is 2.20. The summed E-state index contributed by atoms with van der Waals surface area (Å²) >= 11 is 2.31. The number of pyridine rings is 1. The van der Waals surface area contributed by atoms with Crippen LogP contribution in [0.15, 0.2) is 42.6 Å². The van der Waals surface area contributed by atoms with E-state index in [2.05, 4.69) is 57.3 Å². The Kier molecular flexibility index (Phi) is 4.30. The maximum absolute atomic E-state index is 13.2. The summed E-state index contributed by atoms with van der Waals surface area (Å²) in [6.07, 6.45) is 4.52. The quantitative estimate of drug-likeness (QED) is 0.551. The zero-order valence-corrected chi connectivity index (χ0v) is 15.7. The zero-order valence-electron chi connectivity index (χ0n) is 13.5. The Morgan fingerprint density at radius 1 is 1.12 bits per heavy atom. The molecular formula is C19H19FIN3. The molecule has 3 nitrogen and oxygen atoms in total. The van der Waals surface area contributed by atoms with Crippen molar-refractivity contribution in [1.29, 1.82) is 0 Å². The molecule has 2 aromatic heterocycles. The van der Waals surface area contributed by atoms with Crippen molar-refractivity contribution in [2.45, 2.75) is 18.8 Å². The number of hydrogen-bond acceptors (Lipinski definition) is 2. The summed E-state index contributed by atoms with van der Waals surface area (Å²) in [6, 6.07) is 11.0. The Morgan fingerprint density at radius 2 is 1.83 bits per heavy atom. The molecule has 1 saturated heterocycles. The van der Waals surface area contributed by atoms with Crippen LogP contribution in [0.25, 0.3) is 16.9 Å². The molecule has 4 rings (SSSR count). The van der Waals surface area contributed by atoms with Gasteiger partial charge in [-0.25, -0.2) is 9.37 Å². The Balaban J connectivity index is 1.71. The molecular weight excluding hydrogens is 416 g/mol. The summed E-state index contributed by atoms with van der Waals surface area (Å²) in [7, 11) is 2.19. The van der Waals surface area contributed by atoms with Gasteiger partial charge in [0.25, 0.3) is 0 Å². The first-order valence-electron chi connectivity index (χ1n) is 8.24. The van der Waals surface area contributed by atoms with E-state index in [1.54, 1.807) is 12.1 Å². The summed E-state index contributed by atoms with van der Waals surface area (Å²) in [6.45, 7) is 2.31. The number of imidazole rings is 1. The Hall–Kier alpha value is -1.47. The number of likely N-dealkylation sites (tertiary alicyclic amines) is 1. The van der Waals surface area contributed by atoms with Crippen molar-refractivity contribution >= 4 is 28.2 Å². The van der Waals surface area contributed by atoms with E-state index in [4.69, 9.17) is 4.98 Å². The Bertz CT molecular complexity index is 864. The van der Waals surface area contributed by atoms with E-state index in [1.807, 2.05) is 0 Å². The monoisotopic (exact) mass is 435 g/mol. The minimum Gasteiger partial charge on any atom is -0.306 e. The van der Waals surface area contributed by atoms with Gasteiger partial charge in [-0.2, -0.15) is 0 Å². The molecule has 1 aliphatic heterocycles. The molecule has 0 bridgehead atoms. The first-order valence-corrected chi connectivity index (χ1v) is 9.31. The molecule has 124 valence electrons. The van der Waals surface area contributed by atoms with Crippen LogP contribution in [0.1, 0.15) is 24.3 Å². The average Bonchev–Trinajstić information content (AvgIpc) is 2.92. The maximum Gasteiger partial charge on any atom is 0.138 e. The summed E-state index contributed by atoms with van der Waals surface area (Å²) in [5, 5.41) is 0. The third-order valence-corrected chi connectivity index (χ3v) is 5.93. The highest BCUT2D eigenvalue weighted by Crippen LogP contribution is 2.31. The summed E-state index contributed by atoms with van der Waals surface area (Å²) in [5.41, 5.74) is 4.21. The maximum atomic E-state index is 13.2. The number of halogens is 2. The van der Waals surface area contributed by atoms with E-state index in [0.29, 0.717) is 5.92 Å². The molecule has 1 fully saturated rings. The van der Waals surface area contributed by atoms with Gasteiger partial charge < -0.3 is 4.90 Å². The SMILES string of the molecule is CN1CCC(c2ccn3c(I)c(-c4ccc(F)cc4)nc3c2)CC1. The highest BCUT2D eigenvalue weighted by atomic mass is 127. The van der Waals surface area contributed by atoms with E-state index in [-0.39, 0.29) is 5.82 Å². The number of hydrogen-bond donors (Lipinski definition) is 0. The van der Waals surface area contributed by atoms with Gasteiger partial charge in [-0.05, 0) is 103 Å². The van der Waals surface area contributed by atoms with Gasteiger partial charge in [0.15, 0.2) is 0 Å². The van der Waals surface area contributed by atoms with Crippen LogP contribution in [0.2, 0.25) is 0 Å². The van der Waals surface area contributed by atoms with Crippen LogP contribution in [0.4, 0.5) is 4.39 Å². The van der Waals surface area contributed by atoms with Crippen LogP contribution in [-0.2, 0) is 0 Å². The van der Waals surface area contributed by atoms with Crippen LogP contribution in [0.5, 0.6) is 0 Å². The first kappa shape index (κ1) is 16.0. The molecule has 24 heavy (non-hydrogen) atoms. The molecule has 0 spiro atoms. The van der Waals surface area contributed by atoms with Crippen molar-refractivity contribution in [3.63, 3.8) is 0 Å². The van der Waals surface area contributed by atoms with Crippen molar-refractivity contribution in [3.8, 4) is 11.3 Å². The van der Waals surface area contributed by atoms with Crippen molar-refractivity contribution in [2.24, 2.45) is 0 Å². The number of benzene rings is 1. The second-order valence-electron chi connectivity index (χ2n) is 6.52. The van der Waals surface area contributed by atoms with Gasteiger partial charge in [0.1, 0.15) is 20.9 Å². The fourth-order valence-electron chi connectivity index (χ4n) is 3.42. The number of aromatic nitrogens is 2. The molecule has 3 aromatic rings. The molecule has 0 saturated carbocycles. The smallest absolute Gasteiger partial charge is 0.138 e. The Labute approximate surface area is 154 Å². The third kappa shape index (κ3) is 2.95. The second-order valence-corrected chi connectivity index (χ2v) is 7.55. The van der Waals surface area contributed by atoms with E-state index in [0.717, 1.165) is 33.7 Å². The van der Waals surface area contributed by atoms with Crippen LogP contribution in [0, 0.1) is 9.52 Å². The number of nitrogens with zero attached hydrogens (tertiary/aromatic N) is 3. The first-order chi connectivity index (χ1) is 11.6. The molecule has 1 aliphatic rings. The minimum atomic E-state index is -0.220. The van der Waals surface area contributed by atoms with Crippen molar-refractivity contribution < 1.29 is 4.39 Å². The molecule has 0 radical (unpaired) electrons. The van der Waals surface area contributed by atoms with E-state index < -0.39 is 0 Å². The molecule has 0 atom stereocenters.